The van der Waals surface area contributed by atoms with Gasteiger partial charge in [-0.15, -0.1) is 0 Å². The normalized spacial score (nSPS) is 17.5. The van der Waals surface area contributed by atoms with Crippen LogP contribution in [0, 0.1) is 13.8 Å². The van der Waals surface area contributed by atoms with E-state index in [0.717, 1.165) is 67.7 Å². The second kappa shape index (κ2) is 7.55. The van der Waals surface area contributed by atoms with Crippen molar-refractivity contribution in [3.8, 4) is 0 Å². The van der Waals surface area contributed by atoms with Gasteiger partial charge in [0.05, 0.1) is 5.56 Å². The lowest BCUT2D eigenvalue weighted by atomic mass is 10.1. The number of carbonyl (C=O) groups is 1. The van der Waals surface area contributed by atoms with E-state index in [2.05, 4.69) is 44.9 Å². The van der Waals surface area contributed by atoms with Crippen molar-refractivity contribution in [1.82, 2.24) is 14.9 Å². The van der Waals surface area contributed by atoms with E-state index in [1.807, 2.05) is 17.9 Å². The van der Waals surface area contributed by atoms with Crippen LogP contribution in [0.25, 0.3) is 0 Å². The van der Waals surface area contributed by atoms with Crippen LogP contribution in [0.5, 0.6) is 0 Å². The summed E-state index contributed by atoms with van der Waals surface area (Å²) in [6, 6.07) is 8.22. The highest BCUT2D eigenvalue weighted by molar-refractivity contribution is 6.00. The molecule has 1 aromatic carbocycles. The monoisotopic (exact) mass is 365 g/mol. The molecule has 0 atom stereocenters. The average molecular weight is 365 g/mol. The van der Waals surface area contributed by atoms with E-state index >= 15 is 0 Å². The van der Waals surface area contributed by atoms with Crippen LogP contribution in [0.2, 0.25) is 0 Å². The Morgan fingerprint density at radius 2 is 1.67 bits per heavy atom. The Balaban J connectivity index is 1.49. The summed E-state index contributed by atoms with van der Waals surface area (Å²) in [6.45, 7) is 9.08. The summed E-state index contributed by atoms with van der Waals surface area (Å²) >= 11 is 0. The van der Waals surface area contributed by atoms with Gasteiger partial charge < -0.3 is 14.7 Å². The number of anilines is 2. The summed E-state index contributed by atoms with van der Waals surface area (Å²) in [4.78, 5) is 28.5. The molecule has 0 unspecified atom stereocenters. The second-order valence-corrected chi connectivity index (χ2v) is 7.46. The molecule has 3 heterocycles. The SMILES string of the molecule is Cc1ccc(N2CCCC2)c(C(=O)N2CCN(c3ccnc(C)n3)CC2)c1. The van der Waals surface area contributed by atoms with Crippen LogP contribution in [0.15, 0.2) is 30.5 Å². The predicted octanol–water partition coefficient (Wildman–Crippen LogP) is 2.66. The molecule has 0 saturated carbocycles. The molecule has 2 aromatic rings. The van der Waals surface area contributed by atoms with Gasteiger partial charge in [-0.05, 0) is 44.9 Å². The summed E-state index contributed by atoms with van der Waals surface area (Å²) in [5.41, 5.74) is 3.08. The van der Waals surface area contributed by atoms with Gasteiger partial charge in [-0.2, -0.15) is 0 Å². The number of nitrogens with zero attached hydrogens (tertiary/aromatic N) is 5. The van der Waals surface area contributed by atoms with E-state index in [-0.39, 0.29) is 5.91 Å². The fraction of sp³-hybridized carbons (Fsp3) is 0.476. The van der Waals surface area contributed by atoms with Crippen molar-refractivity contribution < 1.29 is 4.79 Å². The van der Waals surface area contributed by atoms with Gasteiger partial charge in [0.25, 0.3) is 5.91 Å². The first-order chi connectivity index (χ1) is 13.1. The van der Waals surface area contributed by atoms with Crippen molar-refractivity contribution in [2.75, 3.05) is 49.1 Å². The van der Waals surface area contributed by atoms with Crippen molar-refractivity contribution in [1.29, 1.82) is 0 Å². The predicted molar refractivity (Wildman–Crippen MR) is 108 cm³/mol. The molecule has 1 amide bonds. The number of benzene rings is 1. The van der Waals surface area contributed by atoms with Crippen LogP contribution in [-0.2, 0) is 0 Å². The van der Waals surface area contributed by atoms with Gasteiger partial charge >= 0.3 is 0 Å². The van der Waals surface area contributed by atoms with Gasteiger partial charge in [0, 0.05) is 51.2 Å². The van der Waals surface area contributed by atoms with Crippen molar-refractivity contribution in [2.45, 2.75) is 26.7 Å². The number of aromatic nitrogens is 2. The Morgan fingerprint density at radius 1 is 0.926 bits per heavy atom. The van der Waals surface area contributed by atoms with Crippen LogP contribution in [0.1, 0.15) is 34.6 Å². The Labute approximate surface area is 160 Å². The Morgan fingerprint density at radius 3 is 2.37 bits per heavy atom. The van der Waals surface area contributed by atoms with Crippen LogP contribution >= 0.6 is 0 Å². The Kier molecular flexibility index (Phi) is 4.97. The first kappa shape index (κ1) is 17.8. The molecule has 0 aliphatic carbocycles. The minimum atomic E-state index is 0.152. The molecule has 6 heteroatoms. The molecule has 2 aliphatic heterocycles. The number of carbonyl (C=O) groups excluding carboxylic acids is 1. The average Bonchev–Trinajstić information content (AvgIpc) is 3.22. The highest BCUT2D eigenvalue weighted by atomic mass is 16.2. The van der Waals surface area contributed by atoms with Crippen LogP contribution in [-0.4, -0.2) is 60.0 Å². The van der Waals surface area contributed by atoms with Crippen LogP contribution in [0.4, 0.5) is 11.5 Å². The minimum absolute atomic E-state index is 0.152. The molecule has 0 N–H and O–H groups in total. The van der Waals surface area contributed by atoms with Gasteiger partial charge in [0.2, 0.25) is 0 Å². The Hall–Kier alpha value is -2.63. The first-order valence-corrected chi connectivity index (χ1v) is 9.81. The van der Waals surface area contributed by atoms with Gasteiger partial charge in [-0.25, -0.2) is 9.97 Å². The van der Waals surface area contributed by atoms with Crippen LogP contribution in [0.3, 0.4) is 0 Å². The third-order valence-electron chi connectivity index (χ3n) is 5.48. The lowest BCUT2D eigenvalue weighted by Gasteiger charge is -2.36. The topological polar surface area (TPSA) is 52.6 Å². The molecule has 2 fully saturated rings. The zero-order valence-corrected chi connectivity index (χ0v) is 16.2. The molecule has 0 radical (unpaired) electrons. The lowest BCUT2D eigenvalue weighted by molar-refractivity contribution is 0.0747. The van der Waals surface area contributed by atoms with Crippen molar-refractivity contribution >= 4 is 17.4 Å². The molecule has 4 rings (SSSR count). The van der Waals surface area contributed by atoms with Crippen molar-refractivity contribution in [3.05, 3.63) is 47.4 Å². The number of hydrogen-bond acceptors (Lipinski definition) is 5. The highest BCUT2D eigenvalue weighted by Gasteiger charge is 2.26. The number of hydrogen-bond donors (Lipinski definition) is 0. The van der Waals surface area contributed by atoms with Crippen molar-refractivity contribution in [2.24, 2.45) is 0 Å². The molecule has 2 saturated heterocycles. The maximum atomic E-state index is 13.3. The smallest absolute Gasteiger partial charge is 0.256 e. The second-order valence-electron chi connectivity index (χ2n) is 7.46. The van der Waals surface area contributed by atoms with Gasteiger partial charge in [0.15, 0.2) is 0 Å². The largest absolute Gasteiger partial charge is 0.371 e. The maximum Gasteiger partial charge on any atom is 0.256 e. The molecule has 1 aromatic heterocycles. The number of piperazine rings is 1. The third-order valence-corrected chi connectivity index (χ3v) is 5.48. The molecule has 2 aliphatic rings. The van der Waals surface area contributed by atoms with E-state index in [0.29, 0.717) is 0 Å². The van der Waals surface area contributed by atoms with E-state index in [1.165, 1.54) is 12.8 Å². The third kappa shape index (κ3) is 3.75. The highest BCUT2D eigenvalue weighted by Crippen LogP contribution is 2.27. The molecular weight excluding hydrogens is 338 g/mol. The summed E-state index contributed by atoms with van der Waals surface area (Å²) in [7, 11) is 0. The molecule has 6 nitrogen and oxygen atoms in total. The van der Waals surface area contributed by atoms with Gasteiger partial charge in [-0.3, -0.25) is 4.79 Å². The molecular formula is C21H27N5O. The molecule has 0 spiro atoms. The minimum Gasteiger partial charge on any atom is -0.371 e. The first-order valence-electron chi connectivity index (χ1n) is 9.81. The zero-order chi connectivity index (χ0) is 18.8. The van der Waals surface area contributed by atoms with Gasteiger partial charge in [0.1, 0.15) is 11.6 Å². The summed E-state index contributed by atoms with van der Waals surface area (Å²) in [6.07, 6.45) is 4.21. The van der Waals surface area contributed by atoms with Gasteiger partial charge in [-0.1, -0.05) is 11.6 Å². The van der Waals surface area contributed by atoms with E-state index in [1.54, 1.807) is 6.20 Å². The zero-order valence-electron chi connectivity index (χ0n) is 16.2. The maximum absolute atomic E-state index is 13.3. The van der Waals surface area contributed by atoms with Crippen molar-refractivity contribution in [3.63, 3.8) is 0 Å². The molecule has 0 bridgehead atoms. The summed E-state index contributed by atoms with van der Waals surface area (Å²) in [5.74, 6) is 1.88. The summed E-state index contributed by atoms with van der Waals surface area (Å²) in [5, 5.41) is 0. The lowest BCUT2D eigenvalue weighted by Crippen LogP contribution is -2.49. The fourth-order valence-electron chi connectivity index (χ4n) is 3.98. The molecule has 142 valence electrons. The standard InChI is InChI=1S/C21H27N5O/c1-16-5-6-19(24-9-3-4-10-24)18(15-16)21(27)26-13-11-25(12-14-26)20-7-8-22-17(2)23-20/h5-8,15H,3-4,9-14H2,1-2H3. The summed E-state index contributed by atoms with van der Waals surface area (Å²) < 4.78 is 0. The van der Waals surface area contributed by atoms with Crippen LogP contribution < -0.4 is 9.80 Å². The number of amides is 1. The fourth-order valence-corrected chi connectivity index (χ4v) is 3.98. The van der Waals surface area contributed by atoms with E-state index in [9.17, 15) is 4.79 Å². The van der Waals surface area contributed by atoms with E-state index in [4.69, 9.17) is 0 Å². The number of rotatable bonds is 3. The Bertz CT molecular complexity index is 823. The number of aryl methyl sites for hydroxylation is 2. The quantitative estimate of drug-likeness (QED) is 0.837. The molecule has 27 heavy (non-hydrogen) atoms. The van der Waals surface area contributed by atoms with E-state index < -0.39 is 0 Å².